The van der Waals surface area contributed by atoms with Gasteiger partial charge in [-0.15, -0.1) is 0 Å². The van der Waals surface area contributed by atoms with Crippen molar-refractivity contribution in [1.82, 2.24) is 0 Å². The van der Waals surface area contributed by atoms with Gasteiger partial charge in [-0.05, 0) is 35.4 Å². The number of nitrogens with zero attached hydrogens (tertiary/aromatic N) is 1. The molecule has 0 fully saturated rings. The summed E-state index contributed by atoms with van der Waals surface area (Å²) in [4.78, 5) is 24.4. The van der Waals surface area contributed by atoms with Crippen LogP contribution in [0.5, 0.6) is 0 Å². The summed E-state index contributed by atoms with van der Waals surface area (Å²) in [5.74, 6) is -1.66. The van der Waals surface area contributed by atoms with Crippen molar-refractivity contribution in [2.45, 2.75) is 13.3 Å². The van der Waals surface area contributed by atoms with Crippen molar-refractivity contribution in [2.24, 2.45) is 0 Å². The number of benzene rings is 2. The van der Waals surface area contributed by atoms with Crippen LogP contribution >= 0.6 is 11.6 Å². The topological polar surface area (TPSA) is 99.4 Å². The van der Waals surface area contributed by atoms with E-state index in [1.807, 2.05) is 0 Å². The minimum Gasteiger partial charge on any atom is -0.511 e. The molecular formula is C20H17ClN2O4. The van der Waals surface area contributed by atoms with Crippen LogP contribution in [0.4, 0.5) is 5.69 Å². The Morgan fingerprint density at radius 1 is 1.26 bits per heavy atom. The maximum atomic E-state index is 12.2. The van der Waals surface area contributed by atoms with Gasteiger partial charge in [0, 0.05) is 17.1 Å². The molecule has 0 radical (unpaired) electrons. The summed E-state index contributed by atoms with van der Waals surface area (Å²) in [5.41, 5.74) is 1.41. The molecule has 0 aliphatic carbocycles. The summed E-state index contributed by atoms with van der Waals surface area (Å²) >= 11 is 6.02. The van der Waals surface area contributed by atoms with E-state index in [1.54, 1.807) is 49.4 Å². The quantitative estimate of drug-likeness (QED) is 0.342. The zero-order valence-electron chi connectivity index (χ0n) is 14.7. The van der Waals surface area contributed by atoms with Crippen molar-refractivity contribution in [2.75, 3.05) is 12.4 Å². The third-order valence-electron chi connectivity index (χ3n) is 3.78. The molecule has 0 spiro atoms. The van der Waals surface area contributed by atoms with E-state index in [1.165, 1.54) is 13.2 Å². The van der Waals surface area contributed by atoms with E-state index in [0.717, 1.165) is 0 Å². The first-order valence-electron chi connectivity index (χ1n) is 8.03. The number of amides is 1. The Balaban J connectivity index is 2.46. The molecule has 0 aromatic heterocycles. The molecule has 0 atom stereocenters. The third kappa shape index (κ3) is 4.66. The Labute approximate surface area is 161 Å². The highest BCUT2D eigenvalue weighted by Gasteiger charge is 2.18. The molecule has 0 saturated carbocycles. The van der Waals surface area contributed by atoms with Crippen LogP contribution in [0.25, 0.3) is 11.1 Å². The van der Waals surface area contributed by atoms with E-state index in [-0.39, 0.29) is 29.0 Å². The molecule has 2 aromatic rings. The number of nitriles is 1. The highest BCUT2D eigenvalue weighted by Crippen LogP contribution is 2.29. The Hall–Kier alpha value is -3.30. The predicted molar refractivity (Wildman–Crippen MR) is 102 cm³/mol. The van der Waals surface area contributed by atoms with Crippen molar-refractivity contribution >= 4 is 29.2 Å². The van der Waals surface area contributed by atoms with Crippen molar-refractivity contribution < 1.29 is 19.4 Å². The number of hydrogen-bond donors (Lipinski definition) is 2. The summed E-state index contributed by atoms with van der Waals surface area (Å²) in [6.45, 7) is 1.62. The zero-order chi connectivity index (χ0) is 20.0. The average Bonchev–Trinajstić information content (AvgIpc) is 2.67. The number of anilines is 1. The summed E-state index contributed by atoms with van der Waals surface area (Å²) < 4.78 is 4.83. The van der Waals surface area contributed by atoms with Gasteiger partial charge in [-0.2, -0.15) is 5.26 Å². The van der Waals surface area contributed by atoms with Gasteiger partial charge in [0.25, 0.3) is 5.91 Å². The molecule has 0 bridgehead atoms. The Morgan fingerprint density at radius 2 is 2.00 bits per heavy atom. The number of aliphatic hydroxyl groups is 1. The van der Waals surface area contributed by atoms with Crippen LogP contribution in [-0.4, -0.2) is 24.1 Å². The van der Waals surface area contributed by atoms with E-state index in [0.29, 0.717) is 16.1 Å². The summed E-state index contributed by atoms with van der Waals surface area (Å²) in [5, 5.41) is 21.8. The molecule has 0 aliphatic rings. The van der Waals surface area contributed by atoms with Gasteiger partial charge in [0.15, 0.2) is 5.57 Å². The molecular weight excluding hydrogens is 368 g/mol. The summed E-state index contributed by atoms with van der Waals surface area (Å²) in [7, 11) is 1.26. The Bertz CT molecular complexity index is 961. The number of carbonyl (C=O) groups excluding carboxylic acids is 2. The molecule has 1 amide bonds. The number of methoxy groups -OCH3 is 1. The molecule has 27 heavy (non-hydrogen) atoms. The monoisotopic (exact) mass is 384 g/mol. The van der Waals surface area contributed by atoms with Gasteiger partial charge in [0.1, 0.15) is 11.8 Å². The highest BCUT2D eigenvalue weighted by atomic mass is 35.5. The number of rotatable bonds is 5. The Kier molecular flexibility index (Phi) is 6.58. The lowest BCUT2D eigenvalue weighted by Crippen LogP contribution is -2.16. The van der Waals surface area contributed by atoms with Gasteiger partial charge < -0.3 is 15.2 Å². The van der Waals surface area contributed by atoms with Crippen LogP contribution in [0.15, 0.2) is 53.8 Å². The lowest BCUT2D eigenvalue weighted by molar-refractivity contribution is -0.112. The van der Waals surface area contributed by atoms with Crippen molar-refractivity contribution in [3.8, 4) is 17.2 Å². The van der Waals surface area contributed by atoms with Gasteiger partial charge >= 0.3 is 5.97 Å². The SMILES string of the molecule is CC/C(O)=C(\C#N)C(=O)Nc1ccc(-c2cccc(Cl)c2)c(C(=O)OC)c1. The largest absolute Gasteiger partial charge is 0.511 e. The minimum atomic E-state index is -0.761. The number of hydrogen-bond acceptors (Lipinski definition) is 5. The van der Waals surface area contributed by atoms with Crippen molar-refractivity contribution in [3.63, 3.8) is 0 Å². The number of allylic oxidation sites excluding steroid dienone is 1. The second kappa shape index (κ2) is 8.88. The molecule has 0 heterocycles. The number of carbonyl (C=O) groups is 2. The van der Waals surface area contributed by atoms with Crippen LogP contribution in [-0.2, 0) is 9.53 Å². The lowest BCUT2D eigenvalue weighted by atomic mass is 9.99. The fourth-order valence-electron chi connectivity index (χ4n) is 2.43. The van der Waals surface area contributed by atoms with Crippen LogP contribution in [0.1, 0.15) is 23.7 Å². The smallest absolute Gasteiger partial charge is 0.338 e. The first-order chi connectivity index (χ1) is 12.9. The number of ether oxygens (including phenoxy) is 1. The van der Waals surface area contributed by atoms with Gasteiger partial charge in [-0.3, -0.25) is 4.79 Å². The molecule has 0 saturated heterocycles. The number of nitrogens with one attached hydrogen (secondary N) is 1. The van der Waals surface area contributed by atoms with E-state index >= 15 is 0 Å². The zero-order valence-corrected chi connectivity index (χ0v) is 15.5. The molecule has 0 unspecified atom stereocenters. The van der Waals surface area contributed by atoms with Crippen molar-refractivity contribution in [1.29, 1.82) is 5.26 Å². The molecule has 2 rings (SSSR count). The van der Waals surface area contributed by atoms with E-state index in [2.05, 4.69) is 5.32 Å². The fraction of sp³-hybridized carbons (Fsp3) is 0.150. The normalized spacial score (nSPS) is 11.2. The van der Waals surface area contributed by atoms with E-state index < -0.39 is 11.9 Å². The van der Waals surface area contributed by atoms with E-state index in [4.69, 9.17) is 21.6 Å². The maximum Gasteiger partial charge on any atom is 0.338 e. The predicted octanol–water partition coefficient (Wildman–Crippen LogP) is 4.48. The van der Waals surface area contributed by atoms with Gasteiger partial charge in [-0.1, -0.05) is 36.7 Å². The fourth-order valence-corrected chi connectivity index (χ4v) is 2.62. The Morgan fingerprint density at radius 3 is 2.59 bits per heavy atom. The molecule has 6 nitrogen and oxygen atoms in total. The first kappa shape index (κ1) is 20.0. The number of halogens is 1. The van der Waals surface area contributed by atoms with Crippen LogP contribution in [0.2, 0.25) is 5.02 Å². The molecule has 2 aromatic carbocycles. The molecule has 2 N–H and O–H groups in total. The third-order valence-corrected chi connectivity index (χ3v) is 4.02. The van der Waals surface area contributed by atoms with Crippen LogP contribution in [0, 0.1) is 11.3 Å². The first-order valence-corrected chi connectivity index (χ1v) is 8.40. The lowest BCUT2D eigenvalue weighted by Gasteiger charge is -2.12. The van der Waals surface area contributed by atoms with Gasteiger partial charge in [-0.25, -0.2) is 4.79 Å². The minimum absolute atomic E-state index is 0.150. The van der Waals surface area contributed by atoms with Crippen LogP contribution in [0.3, 0.4) is 0 Å². The van der Waals surface area contributed by atoms with E-state index in [9.17, 15) is 14.7 Å². The summed E-state index contributed by atoms with van der Waals surface area (Å²) in [6.07, 6.45) is 0.150. The molecule has 138 valence electrons. The molecule has 7 heteroatoms. The number of esters is 1. The van der Waals surface area contributed by atoms with Crippen molar-refractivity contribution in [3.05, 3.63) is 64.4 Å². The number of aliphatic hydroxyl groups excluding tert-OH is 1. The van der Waals surface area contributed by atoms with Gasteiger partial charge in [0.05, 0.1) is 12.7 Å². The van der Waals surface area contributed by atoms with Crippen LogP contribution < -0.4 is 5.32 Å². The second-order valence-electron chi connectivity index (χ2n) is 5.50. The maximum absolute atomic E-state index is 12.2. The summed E-state index contributed by atoms with van der Waals surface area (Å²) in [6, 6.07) is 13.3. The highest BCUT2D eigenvalue weighted by molar-refractivity contribution is 6.30. The average molecular weight is 385 g/mol. The van der Waals surface area contributed by atoms with Gasteiger partial charge in [0.2, 0.25) is 0 Å². The standard InChI is InChI=1S/C20H17ClN2O4/c1-3-18(24)17(11-22)19(25)23-14-7-8-15(16(10-14)20(26)27-2)12-5-4-6-13(21)9-12/h4-10,24H,3H2,1-2H3,(H,23,25)/b18-17-. The molecule has 0 aliphatic heterocycles. The second-order valence-corrected chi connectivity index (χ2v) is 5.94.